The molecular formula is C12H23NO5. The van der Waals surface area contributed by atoms with E-state index in [1.54, 1.807) is 27.9 Å². The summed E-state index contributed by atoms with van der Waals surface area (Å²) in [6.07, 6.45) is -1.08. The van der Waals surface area contributed by atoms with Crippen molar-refractivity contribution in [1.29, 1.82) is 0 Å². The minimum atomic E-state index is -0.714. The van der Waals surface area contributed by atoms with Crippen molar-refractivity contribution >= 4 is 11.9 Å². The number of rotatable bonds is 8. The van der Waals surface area contributed by atoms with E-state index in [4.69, 9.17) is 9.47 Å². The zero-order valence-electron chi connectivity index (χ0n) is 11.7. The zero-order chi connectivity index (χ0) is 14.1. The average Bonchev–Trinajstić information content (AvgIpc) is 2.34. The van der Waals surface area contributed by atoms with Crippen molar-refractivity contribution in [2.24, 2.45) is 5.92 Å². The summed E-state index contributed by atoms with van der Waals surface area (Å²) in [5.41, 5.74) is 0. The SMILES string of the molecule is COCCOC(C)C(NC(=O)OC)C(=O)C(C)C. The van der Waals surface area contributed by atoms with Crippen LogP contribution >= 0.6 is 0 Å². The number of nitrogens with one attached hydrogen (secondary N) is 1. The van der Waals surface area contributed by atoms with Crippen molar-refractivity contribution in [2.75, 3.05) is 27.4 Å². The molecule has 0 spiro atoms. The number of Topliss-reactive ketones (excluding diaryl/α,β-unsaturated/α-hetero) is 1. The minimum absolute atomic E-state index is 0.0923. The van der Waals surface area contributed by atoms with Gasteiger partial charge in [-0.2, -0.15) is 0 Å². The van der Waals surface area contributed by atoms with Gasteiger partial charge in [-0.15, -0.1) is 0 Å². The molecule has 6 heteroatoms. The summed E-state index contributed by atoms with van der Waals surface area (Å²) in [7, 11) is 2.82. The minimum Gasteiger partial charge on any atom is -0.453 e. The smallest absolute Gasteiger partial charge is 0.407 e. The lowest BCUT2D eigenvalue weighted by Gasteiger charge is -2.25. The van der Waals surface area contributed by atoms with Crippen molar-refractivity contribution < 1.29 is 23.8 Å². The molecule has 0 aliphatic carbocycles. The van der Waals surface area contributed by atoms with E-state index in [2.05, 4.69) is 10.1 Å². The molecular weight excluding hydrogens is 238 g/mol. The van der Waals surface area contributed by atoms with Crippen LogP contribution in [0.5, 0.6) is 0 Å². The molecule has 0 aliphatic rings. The first kappa shape index (κ1) is 16.9. The Labute approximate surface area is 108 Å². The lowest BCUT2D eigenvalue weighted by molar-refractivity contribution is -0.127. The van der Waals surface area contributed by atoms with Gasteiger partial charge in [-0.3, -0.25) is 4.79 Å². The first-order valence-electron chi connectivity index (χ1n) is 5.92. The predicted molar refractivity (Wildman–Crippen MR) is 66.5 cm³/mol. The fourth-order valence-electron chi connectivity index (χ4n) is 1.38. The van der Waals surface area contributed by atoms with Gasteiger partial charge in [0.1, 0.15) is 6.04 Å². The van der Waals surface area contributed by atoms with Crippen LogP contribution in [0.4, 0.5) is 4.79 Å². The molecule has 0 aromatic carbocycles. The summed E-state index contributed by atoms with van der Waals surface area (Å²) in [5.74, 6) is -0.286. The molecule has 0 heterocycles. The molecule has 0 aliphatic heterocycles. The Bertz CT molecular complexity index is 267. The van der Waals surface area contributed by atoms with Crippen molar-refractivity contribution in [3.05, 3.63) is 0 Å². The van der Waals surface area contributed by atoms with Gasteiger partial charge in [0, 0.05) is 13.0 Å². The molecule has 0 aromatic rings. The highest BCUT2D eigenvalue weighted by atomic mass is 16.5. The third-order valence-corrected chi connectivity index (χ3v) is 2.47. The lowest BCUT2D eigenvalue weighted by Crippen LogP contribution is -2.50. The maximum atomic E-state index is 12.0. The summed E-state index contributed by atoms with van der Waals surface area (Å²) < 4.78 is 14.8. The fraction of sp³-hybridized carbons (Fsp3) is 0.833. The molecule has 0 saturated carbocycles. The topological polar surface area (TPSA) is 73.9 Å². The van der Waals surface area contributed by atoms with Crippen LogP contribution in [0.3, 0.4) is 0 Å². The van der Waals surface area contributed by atoms with Gasteiger partial charge in [-0.25, -0.2) is 4.79 Å². The highest BCUT2D eigenvalue weighted by Gasteiger charge is 2.29. The van der Waals surface area contributed by atoms with Gasteiger partial charge in [-0.1, -0.05) is 13.8 Å². The molecule has 1 amide bonds. The second-order valence-corrected chi connectivity index (χ2v) is 4.24. The van der Waals surface area contributed by atoms with Gasteiger partial charge < -0.3 is 19.5 Å². The molecule has 0 aromatic heterocycles. The monoisotopic (exact) mass is 261 g/mol. The van der Waals surface area contributed by atoms with Crippen LogP contribution in [0.25, 0.3) is 0 Å². The predicted octanol–water partition coefficient (Wildman–Crippen LogP) is 0.988. The van der Waals surface area contributed by atoms with Crippen LogP contribution in [-0.2, 0) is 19.0 Å². The maximum Gasteiger partial charge on any atom is 0.407 e. The van der Waals surface area contributed by atoms with Crippen LogP contribution in [0.1, 0.15) is 20.8 Å². The number of amides is 1. The van der Waals surface area contributed by atoms with E-state index in [0.29, 0.717) is 13.2 Å². The van der Waals surface area contributed by atoms with E-state index in [1.165, 1.54) is 7.11 Å². The normalized spacial score (nSPS) is 14.1. The molecule has 0 radical (unpaired) electrons. The molecule has 106 valence electrons. The lowest BCUT2D eigenvalue weighted by atomic mass is 9.98. The van der Waals surface area contributed by atoms with Gasteiger partial charge in [-0.05, 0) is 6.92 Å². The third kappa shape index (κ3) is 5.97. The summed E-state index contributed by atoms with van der Waals surface area (Å²) in [6, 6.07) is -0.714. The van der Waals surface area contributed by atoms with Crippen molar-refractivity contribution in [3.63, 3.8) is 0 Å². The number of carbonyl (C=O) groups excluding carboxylic acids is 2. The molecule has 2 unspecified atom stereocenters. The van der Waals surface area contributed by atoms with Gasteiger partial charge in [0.05, 0.1) is 26.4 Å². The van der Waals surface area contributed by atoms with E-state index in [1.807, 2.05) is 0 Å². The van der Waals surface area contributed by atoms with E-state index in [9.17, 15) is 9.59 Å². The summed E-state index contributed by atoms with van der Waals surface area (Å²) in [5, 5.41) is 2.50. The summed E-state index contributed by atoms with van der Waals surface area (Å²) in [6.45, 7) is 6.08. The van der Waals surface area contributed by atoms with E-state index < -0.39 is 18.2 Å². The molecule has 6 nitrogen and oxygen atoms in total. The zero-order valence-corrected chi connectivity index (χ0v) is 11.7. The quantitative estimate of drug-likeness (QED) is 0.659. The van der Waals surface area contributed by atoms with Crippen molar-refractivity contribution in [3.8, 4) is 0 Å². The van der Waals surface area contributed by atoms with Crippen LogP contribution in [0.2, 0.25) is 0 Å². The Morgan fingerprint density at radius 3 is 2.17 bits per heavy atom. The van der Waals surface area contributed by atoms with Crippen LogP contribution in [0.15, 0.2) is 0 Å². The number of methoxy groups -OCH3 is 2. The molecule has 0 rings (SSSR count). The fourth-order valence-corrected chi connectivity index (χ4v) is 1.38. The number of hydrogen-bond acceptors (Lipinski definition) is 5. The molecule has 0 saturated heterocycles. The number of ketones is 1. The summed E-state index contributed by atoms with van der Waals surface area (Å²) >= 11 is 0. The largest absolute Gasteiger partial charge is 0.453 e. The van der Waals surface area contributed by atoms with E-state index >= 15 is 0 Å². The van der Waals surface area contributed by atoms with Gasteiger partial charge in [0.2, 0.25) is 0 Å². The highest BCUT2D eigenvalue weighted by Crippen LogP contribution is 2.07. The van der Waals surface area contributed by atoms with Crippen LogP contribution in [-0.4, -0.2) is 51.5 Å². The van der Waals surface area contributed by atoms with Gasteiger partial charge in [0.15, 0.2) is 5.78 Å². The summed E-state index contributed by atoms with van der Waals surface area (Å²) in [4.78, 5) is 23.2. The standard InChI is InChI=1S/C12H23NO5/c1-8(2)11(14)10(13-12(15)17-5)9(3)18-7-6-16-4/h8-10H,6-7H2,1-5H3,(H,13,15). The van der Waals surface area contributed by atoms with Crippen LogP contribution < -0.4 is 5.32 Å². The van der Waals surface area contributed by atoms with E-state index in [0.717, 1.165) is 0 Å². The first-order valence-corrected chi connectivity index (χ1v) is 5.92. The third-order valence-electron chi connectivity index (χ3n) is 2.47. The number of hydrogen-bond donors (Lipinski definition) is 1. The Balaban J connectivity index is 4.53. The second kappa shape index (κ2) is 8.88. The van der Waals surface area contributed by atoms with Crippen LogP contribution in [0, 0.1) is 5.92 Å². The molecule has 18 heavy (non-hydrogen) atoms. The van der Waals surface area contributed by atoms with Gasteiger partial charge in [0.25, 0.3) is 0 Å². The molecule has 0 bridgehead atoms. The van der Waals surface area contributed by atoms with Gasteiger partial charge >= 0.3 is 6.09 Å². The highest BCUT2D eigenvalue weighted by molar-refractivity contribution is 5.89. The molecule has 0 fully saturated rings. The number of carbonyl (C=O) groups is 2. The molecule has 2 atom stereocenters. The maximum absolute atomic E-state index is 12.0. The molecule has 1 N–H and O–H groups in total. The Kier molecular flexibility index (Phi) is 8.32. The second-order valence-electron chi connectivity index (χ2n) is 4.24. The van der Waals surface area contributed by atoms with E-state index in [-0.39, 0.29) is 11.7 Å². The number of alkyl carbamates (subject to hydrolysis) is 1. The van der Waals surface area contributed by atoms with Crippen molar-refractivity contribution in [2.45, 2.75) is 32.9 Å². The average molecular weight is 261 g/mol. The number of ether oxygens (including phenoxy) is 3. The Morgan fingerprint density at radius 2 is 1.72 bits per heavy atom. The first-order chi connectivity index (χ1) is 8.43. The Hall–Kier alpha value is -1.14. The Morgan fingerprint density at radius 1 is 1.11 bits per heavy atom. The van der Waals surface area contributed by atoms with Crippen molar-refractivity contribution in [1.82, 2.24) is 5.32 Å².